The average molecular weight is 275 g/mol. The number of H-pyrrole nitrogens is 1. The van der Waals surface area contributed by atoms with Crippen LogP contribution in [0, 0.1) is 12.3 Å². The summed E-state index contributed by atoms with van der Waals surface area (Å²) in [5.74, 6) is 0.0413. The Balaban J connectivity index is 1.71. The maximum atomic E-state index is 12.5. The number of pyridine rings is 1. The van der Waals surface area contributed by atoms with Gasteiger partial charge in [0.25, 0.3) is 5.91 Å². The van der Waals surface area contributed by atoms with Crippen molar-refractivity contribution in [2.24, 2.45) is 5.41 Å². The molecular weight excluding hydrogens is 254 g/mol. The summed E-state index contributed by atoms with van der Waals surface area (Å²) in [4.78, 5) is 28.3. The molecule has 1 spiro atoms. The van der Waals surface area contributed by atoms with E-state index in [9.17, 15) is 9.59 Å². The summed E-state index contributed by atoms with van der Waals surface area (Å²) in [5.41, 5.74) is 1.62. The first-order chi connectivity index (χ1) is 9.60. The third-order valence-electron chi connectivity index (χ3n) is 4.81. The molecule has 1 aromatic heterocycles. The van der Waals surface area contributed by atoms with Gasteiger partial charge in [-0.25, -0.2) is 0 Å². The second-order valence-corrected chi connectivity index (χ2v) is 6.11. The number of nitrogens with one attached hydrogen (secondary N) is 2. The molecule has 1 aromatic rings. The van der Waals surface area contributed by atoms with Gasteiger partial charge in [0.2, 0.25) is 5.56 Å². The number of hydrogen-bond acceptors (Lipinski definition) is 3. The molecule has 3 rings (SSSR count). The van der Waals surface area contributed by atoms with Crippen LogP contribution in [0.4, 0.5) is 0 Å². The molecule has 1 amide bonds. The third-order valence-corrected chi connectivity index (χ3v) is 4.81. The first-order valence-corrected chi connectivity index (χ1v) is 7.29. The Morgan fingerprint density at radius 2 is 2.05 bits per heavy atom. The molecule has 0 saturated carbocycles. The van der Waals surface area contributed by atoms with Gasteiger partial charge in [0.15, 0.2) is 0 Å². The van der Waals surface area contributed by atoms with Gasteiger partial charge < -0.3 is 15.2 Å². The highest BCUT2D eigenvalue weighted by Gasteiger charge is 2.38. The number of aryl methyl sites for hydroxylation is 1. The van der Waals surface area contributed by atoms with Gasteiger partial charge in [-0.3, -0.25) is 9.59 Å². The molecule has 5 nitrogen and oxygen atoms in total. The number of amides is 1. The molecule has 20 heavy (non-hydrogen) atoms. The molecule has 2 N–H and O–H groups in total. The number of aromatic nitrogens is 1. The zero-order valence-corrected chi connectivity index (χ0v) is 11.9. The maximum absolute atomic E-state index is 12.5. The molecule has 2 aliphatic rings. The molecule has 0 aliphatic carbocycles. The molecule has 0 radical (unpaired) electrons. The summed E-state index contributed by atoms with van der Waals surface area (Å²) < 4.78 is 0. The summed E-state index contributed by atoms with van der Waals surface area (Å²) in [6.45, 7) is 5.65. The lowest BCUT2D eigenvalue weighted by molar-refractivity contribution is 0.0606. The fourth-order valence-electron chi connectivity index (χ4n) is 3.38. The van der Waals surface area contributed by atoms with Crippen molar-refractivity contribution in [1.82, 2.24) is 15.2 Å². The van der Waals surface area contributed by atoms with Crippen molar-refractivity contribution in [3.63, 3.8) is 0 Å². The fraction of sp³-hybridized carbons (Fsp3) is 0.600. The highest BCUT2D eigenvalue weighted by atomic mass is 16.2. The number of nitrogens with zero attached hydrogens (tertiary/aromatic N) is 1. The second kappa shape index (κ2) is 5.05. The van der Waals surface area contributed by atoms with Crippen LogP contribution in [0.2, 0.25) is 0 Å². The van der Waals surface area contributed by atoms with Crippen LogP contribution >= 0.6 is 0 Å². The van der Waals surface area contributed by atoms with E-state index in [0.29, 0.717) is 11.0 Å². The smallest absolute Gasteiger partial charge is 0.255 e. The van der Waals surface area contributed by atoms with Gasteiger partial charge in [-0.15, -0.1) is 0 Å². The van der Waals surface area contributed by atoms with E-state index < -0.39 is 0 Å². The Morgan fingerprint density at radius 3 is 2.65 bits per heavy atom. The van der Waals surface area contributed by atoms with Crippen LogP contribution in [-0.4, -0.2) is 42.0 Å². The van der Waals surface area contributed by atoms with Crippen LogP contribution in [0.25, 0.3) is 0 Å². The Kier molecular flexibility index (Phi) is 3.38. The van der Waals surface area contributed by atoms with Crippen LogP contribution in [0.3, 0.4) is 0 Å². The first kappa shape index (κ1) is 13.4. The SMILES string of the molecule is Cc1cc(=O)[nH]cc1C(=O)N1CCC2(CCNC2)CC1. The number of piperidine rings is 1. The third kappa shape index (κ3) is 2.38. The van der Waals surface area contributed by atoms with E-state index in [4.69, 9.17) is 0 Å². The van der Waals surface area contributed by atoms with Gasteiger partial charge in [0, 0.05) is 31.9 Å². The summed E-state index contributed by atoms with van der Waals surface area (Å²) in [7, 11) is 0. The molecule has 0 atom stereocenters. The van der Waals surface area contributed by atoms with Crippen LogP contribution in [0.5, 0.6) is 0 Å². The van der Waals surface area contributed by atoms with Crippen LogP contribution in [0.15, 0.2) is 17.1 Å². The molecule has 3 heterocycles. The number of aromatic amines is 1. The van der Waals surface area contributed by atoms with Crippen LogP contribution < -0.4 is 10.9 Å². The van der Waals surface area contributed by atoms with Crippen molar-refractivity contribution in [1.29, 1.82) is 0 Å². The van der Waals surface area contributed by atoms with Gasteiger partial charge in [-0.2, -0.15) is 0 Å². The standard InChI is InChI=1S/C15H21N3O2/c1-11-8-13(19)17-9-12(11)14(20)18-6-3-15(4-7-18)2-5-16-10-15/h8-9,16H,2-7,10H2,1H3,(H,17,19). The number of hydrogen-bond donors (Lipinski definition) is 2. The minimum Gasteiger partial charge on any atom is -0.339 e. The van der Waals surface area contributed by atoms with Gasteiger partial charge in [0.05, 0.1) is 5.56 Å². The minimum atomic E-state index is -0.159. The lowest BCUT2D eigenvalue weighted by Gasteiger charge is -2.39. The van der Waals surface area contributed by atoms with E-state index >= 15 is 0 Å². The van der Waals surface area contributed by atoms with Gasteiger partial charge >= 0.3 is 0 Å². The average Bonchev–Trinajstić information content (AvgIpc) is 2.87. The highest BCUT2D eigenvalue weighted by molar-refractivity contribution is 5.95. The van der Waals surface area contributed by atoms with Gasteiger partial charge in [-0.05, 0) is 43.7 Å². The van der Waals surface area contributed by atoms with Crippen molar-refractivity contribution < 1.29 is 4.79 Å². The quantitative estimate of drug-likeness (QED) is 0.800. The zero-order valence-electron chi connectivity index (χ0n) is 11.9. The number of rotatable bonds is 1. The molecular formula is C15H21N3O2. The molecule has 2 fully saturated rings. The summed E-state index contributed by atoms with van der Waals surface area (Å²) in [6.07, 6.45) is 4.93. The van der Waals surface area contributed by atoms with E-state index in [2.05, 4.69) is 10.3 Å². The molecule has 0 aromatic carbocycles. The summed E-state index contributed by atoms with van der Waals surface area (Å²) in [5, 5.41) is 3.43. The first-order valence-electron chi connectivity index (χ1n) is 7.29. The van der Waals surface area contributed by atoms with Gasteiger partial charge in [-0.1, -0.05) is 0 Å². The number of carbonyl (C=O) groups is 1. The largest absolute Gasteiger partial charge is 0.339 e. The predicted octanol–water partition coefficient (Wildman–Crippen LogP) is 0.899. The lowest BCUT2D eigenvalue weighted by Crippen LogP contribution is -2.44. The summed E-state index contributed by atoms with van der Waals surface area (Å²) >= 11 is 0. The molecule has 2 aliphatic heterocycles. The minimum absolute atomic E-state index is 0.0413. The summed E-state index contributed by atoms with van der Waals surface area (Å²) in [6, 6.07) is 1.49. The Hall–Kier alpha value is -1.62. The topological polar surface area (TPSA) is 65.2 Å². The van der Waals surface area contributed by atoms with Crippen LogP contribution in [0.1, 0.15) is 35.2 Å². The molecule has 108 valence electrons. The highest BCUT2D eigenvalue weighted by Crippen LogP contribution is 2.37. The Bertz CT molecular complexity index is 563. The monoisotopic (exact) mass is 275 g/mol. The number of carbonyl (C=O) groups excluding carboxylic acids is 1. The van der Waals surface area contributed by atoms with E-state index in [-0.39, 0.29) is 11.5 Å². The van der Waals surface area contributed by atoms with E-state index in [1.807, 2.05) is 11.8 Å². The lowest BCUT2D eigenvalue weighted by atomic mass is 9.78. The normalized spacial score (nSPS) is 21.4. The van der Waals surface area contributed by atoms with Crippen LogP contribution in [-0.2, 0) is 0 Å². The molecule has 0 bridgehead atoms. The zero-order chi connectivity index (χ0) is 14.2. The van der Waals surface area contributed by atoms with E-state index in [0.717, 1.165) is 44.6 Å². The fourth-order valence-corrected chi connectivity index (χ4v) is 3.38. The van der Waals surface area contributed by atoms with Crippen molar-refractivity contribution in [3.05, 3.63) is 33.7 Å². The Morgan fingerprint density at radius 1 is 1.30 bits per heavy atom. The van der Waals surface area contributed by atoms with E-state index in [1.165, 1.54) is 12.5 Å². The second-order valence-electron chi connectivity index (χ2n) is 6.11. The maximum Gasteiger partial charge on any atom is 0.255 e. The van der Waals surface area contributed by atoms with Crippen molar-refractivity contribution in [2.45, 2.75) is 26.2 Å². The molecule has 0 unspecified atom stereocenters. The van der Waals surface area contributed by atoms with Gasteiger partial charge in [0.1, 0.15) is 0 Å². The van der Waals surface area contributed by atoms with Crippen molar-refractivity contribution in [3.8, 4) is 0 Å². The predicted molar refractivity (Wildman–Crippen MR) is 76.9 cm³/mol. The van der Waals surface area contributed by atoms with E-state index in [1.54, 1.807) is 6.20 Å². The van der Waals surface area contributed by atoms with Crippen molar-refractivity contribution in [2.75, 3.05) is 26.2 Å². The Labute approximate surface area is 118 Å². The molecule has 2 saturated heterocycles. The number of likely N-dealkylation sites (tertiary alicyclic amines) is 1. The van der Waals surface area contributed by atoms with Crippen molar-refractivity contribution >= 4 is 5.91 Å². The molecule has 5 heteroatoms.